The predicted molar refractivity (Wildman–Crippen MR) is 81.2 cm³/mol. The summed E-state index contributed by atoms with van der Waals surface area (Å²) in [6.07, 6.45) is -1.09. The Labute approximate surface area is 136 Å². The van der Waals surface area contributed by atoms with Gasteiger partial charge in [0.25, 0.3) is 5.91 Å². The normalized spacial score (nSPS) is 15.6. The molecule has 23 heavy (non-hydrogen) atoms. The summed E-state index contributed by atoms with van der Waals surface area (Å²) in [5, 5.41) is 3.68. The molecule has 1 saturated heterocycles. The van der Waals surface area contributed by atoms with Crippen LogP contribution < -0.4 is 5.32 Å². The molecule has 2 aromatic rings. The van der Waals surface area contributed by atoms with E-state index >= 15 is 0 Å². The van der Waals surface area contributed by atoms with Gasteiger partial charge in [-0.25, -0.2) is 9.59 Å². The minimum Gasteiger partial charge on any atom is -0.449 e. The lowest BCUT2D eigenvalue weighted by Gasteiger charge is -2.17. The van der Waals surface area contributed by atoms with Crippen molar-refractivity contribution in [1.29, 1.82) is 0 Å². The Balaban J connectivity index is 1.72. The van der Waals surface area contributed by atoms with Crippen molar-refractivity contribution in [2.75, 3.05) is 13.1 Å². The van der Waals surface area contributed by atoms with Gasteiger partial charge in [-0.2, -0.15) is 0 Å². The summed E-state index contributed by atoms with van der Waals surface area (Å²) >= 11 is 5.87. The molecule has 0 spiro atoms. The van der Waals surface area contributed by atoms with Crippen LogP contribution in [0.2, 0.25) is 5.02 Å². The van der Waals surface area contributed by atoms with E-state index in [0.29, 0.717) is 22.5 Å². The first kappa shape index (κ1) is 15.4. The summed E-state index contributed by atoms with van der Waals surface area (Å²) in [7, 11) is 0. The molecule has 3 rings (SSSR count). The van der Waals surface area contributed by atoms with Crippen molar-refractivity contribution in [2.45, 2.75) is 13.0 Å². The van der Waals surface area contributed by atoms with Crippen molar-refractivity contribution in [2.24, 2.45) is 0 Å². The third-order valence-electron chi connectivity index (χ3n) is 3.43. The molecule has 1 aliphatic heterocycles. The van der Waals surface area contributed by atoms with E-state index in [4.69, 9.17) is 20.8 Å². The first-order valence-electron chi connectivity index (χ1n) is 6.95. The van der Waals surface area contributed by atoms with Crippen LogP contribution in [0, 0.1) is 0 Å². The van der Waals surface area contributed by atoms with Crippen LogP contribution in [0.4, 0.5) is 4.79 Å². The zero-order valence-electron chi connectivity index (χ0n) is 12.2. The quantitative estimate of drug-likeness (QED) is 0.868. The minimum absolute atomic E-state index is 0.0345. The van der Waals surface area contributed by atoms with Crippen molar-refractivity contribution in [1.82, 2.24) is 10.2 Å². The lowest BCUT2D eigenvalue weighted by atomic mass is 10.2. The van der Waals surface area contributed by atoms with Crippen LogP contribution in [0.15, 0.2) is 28.7 Å². The Bertz CT molecular complexity index is 800. The molecule has 2 heterocycles. The van der Waals surface area contributed by atoms with Crippen LogP contribution >= 0.6 is 11.6 Å². The summed E-state index contributed by atoms with van der Waals surface area (Å²) in [5.74, 6) is -1.39. The van der Waals surface area contributed by atoms with Gasteiger partial charge < -0.3 is 14.5 Å². The van der Waals surface area contributed by atoms with E-state index < -0.39 is 24.0 Å². The van der Waals surface area contributed by atoms with Gasteiger partial charge in [-0.1, -0.05) is 11.6 Å². The van der Waals surface area contributed by atoms with E-state index in [1.54, 1.807) is 18.2 Å². The van der Waals surface area contributed by atoms with E-state index in [-0.39, 0.29) is 12.3 Å². The number of amides is 3. The third-order valence-corrected chi connectivity index (χ3v) is 3.67. The standard InChI is InChI=1S/C15H13ClN2O5/c1-8(13(19)18-5-4-17-15(18)21)22-14(20)12-7-9-6-10(16)2-3-11(9)23-12/h2-3,6-8H,4-5H2,1H3,(H,17,21)/t8-/m1/s1. The predicted octanol–water partition coefficient (Wildman–Crippen LogP) is 2.18. The first-order valence-corrected chi connectivity index (χ1v) is 7.33. The topological polar surface area (TPSA) is 88.8 Å². The highest BCUT2D eigenvalue weighted by Crippen LogP contribution is 2.23. The number of carbonyl (C=O) groups is 3. The first-order chi connectivity index (χ1) is 11.0. The SMILES string of the molecule is C[C@@H](OC(=O)c1cc2cc(Cl)ccc2o1)C(=O)N1CCNC1=O. The second-order valence-electron chi connectivity index (χ2n) is 5.06. The van der Waals surface area contributed by atoms with Crippen molar-refractivity contribution >= 4 is 40.5 Å². The molecule has 0 bridgehead atoms. The smallest absolute Gasteiger partial charge is 0.375 e. The van der Waals surface area contributed by atoms with Gasteiger partial charge in [0.15, 0.2) is 6.10 Å². The van der Waals surface area contributed by atoms with Gasteiger partial charge >= 0.3 is 12.0 Å². The molecule has 1 N–H and O–H groups in total. The summed E-state index contributed by atoms with van der Waals surface area (Å²) < 4.78 is 10.5. The molecule has 0 radical (unpaired) electrons. The highest BCUT2D eigenvalue weighted by atomic mass is 35.5. The third kappa shape index (κ3) is 3.00. The molecule has 0 saturated carbocycles. The highest BCUT2D eigenvalue weighted by molar-refractivity contribution is 6.31. The molecule has 1 aromatic carbocycles. The second kappa shape index (κ2) is 5.92. The van der Waals surface area contributed by atoms with Crippen LogP contribution in [-0.4, -0.2) is 42.0 Å². The summed E-state index contributed by atoms with van der Waals surface area (Å²) in [4.78, 5) is 36.6. The van der Waals surface area contributed by atoms with Crippen molar-refractivity contribution in [3.05, 3.63) is 35.0 Å². The van der Waals surface area contributed by atoms with Gasteiger partial charge in [0.05, 0.1) is 0 Å². The fraction of sp³-hybridized carbons (Fsp3) is 0.267. The molecular weight excluding hydrogens is 324 g/mol. The lowest BCUT2D eigenvalue weighted by Crippen LogP contribution is -2.41. The van der Waals surface area contributed by atoms with Crippen LogP contribution in [-0.2, 0) is 9.53 Å². The van der Waals surface area contributed by atoms with Crippen LogP contribution in [0.5, 0.6) is 0 Å². The van der Waals surface area contributed by atoms with Crippen LogP contribution in [0.25, 0.3) is 11.0 Å². The molecule has 3 amide bonds. The maximum atomic E-state index is 12.1. The van der Waals surface area contributed by atoms with Crippen molar-refractivity contribution < 1.29 is 23.5 Å². The van der Waals surface area contributed by atoms with E-state index in [9.17, 15) is 14.4 Å². The Morgan fingerprint density at radius 2 is 2.17 bits per heavy atom. The molecule has 1 aromatic heterocycles. The van der Waals surface area contributed by atoms with E-state index in [0.717, 1.165) is 4.90 Å². The van der Waals surface area contributed by atoms with Crippen LogP contribution in [0.1, 0.15) is 17.5 Å². The summed E-state index contributed by atoms with van der Waals surface area (Å²) in [5.41, 5.74) is 0.485. The Morgan fingerprint density at radius 1 is 1.39 bits per heavy atom. The van der Waals surface area contributed by atoms with Gasteiger partial charge in [0.1, 0.15) is 5.58 Å². The van der Waals surface area contributed by atoms with Gasteiger partial charge in [-0.15, -0.1) is 0 Å². The number of esters is 1. The largest absolute Gasteiger partial charge is 0.449 e. The van der Waals surface area contributed by atoms with Crippen molar-refractivity contribution in [3.8, 4) is 0 Å². The molecule has 1 atom stereocenters. The monoisotopic (exact) mass is 336 g/mol. The fourth-order valence-electron chi connectivity index (χ4n) is 2.29. The number of imide groups is 1. The Hall–Kier alpha value is -2.54. The number of nitrogens with one attached hydrogen (secondary N) is 1. The molecule has 7 nitrogen and oxygen atoms in total. The molecule has 1 fully saturated rings. The number of urea groups is 1. The van der Waals surface area contributed by atoms with Gasteiger partial charge in [-0.05, 0) is 31.2 Å². The average molecular weight is 337 g/mol. The Morgan fingerprint density at radius 3 is 2.87 bits per heavy atom. The number of furan rings is 1. The number of hydrogen-bond acceptors (Lipinski definition) is 5. The number of carbonyl (C=O) groups excluding carboxylic acids is 3. The Kier molecular flexibility index (Phi) is 3.96. The molecule has 8 heteroatoms. The number of hydrogen-bond donors (Lipinski definition) is 1. The van der Waals surface area contributed by atoms with Crippen LogP contribution in [0.3, 0.4) is 0 Å². The number of halogens is 1. The maximum absolute atomic E-state index is 12.1. The van der Waals surface area contributed by atoms with Gasteiger partial charge in [-0.3, -0.25) is 9.69 Å². The number of rotatable bonds is 3. The zero-order chi connectivity index (χ0) is 16.6. The number of fused-ring (bicyclic) bond motifs is 1. The lowest BCUT2D eigenvalue weighted by molar-refractivity contribution is -0.136. The van der Waals surface area contributed by atoms with E-state index in [1.165, 1.54) is 13.0 Å². The molecule has 120 valence electrons. The number of benzene rings is 1. The van der Waals surface area contributed by atoms with E-state index in [1.807, 2.05) is 0 Å². The summed E-state index contributed by atoms with van der Waals surface area (Å²) in [6.45, 7) is 2.05. The fourth-order valence-corrected chi connectivity index (χ4v) is 2.47. The van der Waals surface area contributed by atoms with Gasteiger partial charge in [0.2, 0.25) is 5.76 Å². The zero-order valence-corrected chi connectivity index (χ0v) is 12.9. The maximum Gasteiger partial charge on any atom is 0.375 e. The number of nitrogens with zero attached hydrogens (tertiary/aromatic N) is 1. The van der Waals surface area contributed by atoms with Gasteiger partial charge in [0, 0.05) is 23.5 Å². The molecule has 1 aliphatic rings. The molecule has 0 aliphatic carbocycles. The number of ether oxygens (including phenoxy) is 1. The van der Waals surface area contributed by atoms with Crippen molar-refractivity contribution in [3.63, 3.8) is 0 Å². The summed E-state index contributed by atoms with van der Waals surface area (Å²) in [6, 6.07) is 5.93. The second-order valence-corrected chi connectivity index (χ2v) is 5.50. The molecular formula is C15H13ClN2O5. The van der Waals surface area contributed by atoms with E-state index in [2.05, 4.69) is 5.32 Å². The minimum atomic E-state index is -1.09. The highest BCUT2D eigenvalue weighted by Gasteiger charge is 2.32. The average Bonchev–Trinajstić information content (AvgIpc) is 3.11. The molecule has 0 unspecified atom stereocenters.